The maximum atomic E-state index is 9.56. The van der Waals surface area contributed by atoms with Crippen molar-refractivity contribution in [3.63, 3.8) is 0 Å². The first-order valence-corrected chi connectivity index (χ1v) is 11.8. The van der Waals surface area contributed by atoms with Crippen LogP contribution in [-0.2, 0) is 62.7 Å². The quantitative estimate of drug-likeness (QED) is 0.321. The van der Waals surface area contributed by atoms with Gasteiger partial charge in [0.1, 0.15) is 0 Å². The van der Waals surface area contributed by atoms with Crippen LogP contribution in [0.2, 0.25) is 0 Å². The molecule has 0 N–H and O–H groups in total. The topological polar surface area (TPSA) is 68.3 Å². The fraction of sp³-hybridized carbons (Fsp3) is 1.00. The minimum Gasteiger partial charge on any atom is -1.00 e. The van der Waals surface area contributed by atoms with Gasteiger partial charge in [0.2, 0.25) is 0 Å². The molecule has 0 aromatic carbocycles. The van der Waals surface area contributed by atoms with Gasteiger partial charge in [0.05, 0.1) is 0 Å². The number of hydrogen-bond donors (Lipinski definition) is 0. The molecule has 0 aromatic heterocycles. The number of halogens is 2. The summed E-state index contributed by atoms with van der Waals surface area (Å²) in [6.45, 7) is 0. The zero-order valence-electron chi connectivity index (χ0n) is 12.4. The SMILES string of the molecule is CS(C)=O.CS(C)=O.CS(C)=O.CS(C)=O.[Cl-].[Cl-].[Ru+3]. The molecule has 0 aromatic rings. The third-order valence-corrected chi connectivity index (χ3v) is 0. The van der Waals surface area contributed by atoms with Gasteiger partial charge >= 0.3 is 19.5 Å². The summed E-state index contributed by atoms with van der Waals surface area (Å²) in [6, 6.07) is 0. The predicted octanol–water partition coefficient (Wildman–Crippen LogP) is -6.02. The monoisotopic (exact) mass is 484 g/mol. The standard InChI is InChI=1S/4C2H6OS.2ClH.Ru/c4*1-4(2)3;;;/h4*1-2H3;2*1H;/q;;;;;;+3/p-2. The van der Waals surface area contributed by atoms with Gasteiger partial charge in [-0.1, -0.05) is 0 Å². The number of rotatable bonds is 0. The Morgan fingerprint density at radius 2 is 0.421 bits per heavy atom. The minimum absolute atomic E-state index is 0. The van der Waals surface area contributed by atoms with E-state index in [9.17, 15) is 16.8 Å². The van der Waals surface area contributed by atoms with E-state index in [-0.39, 0.29) is 44.3 Å². The molecule has 125 valence electrons. The van der Waals surface area contributed by atoms with Gasteiger partial charge in [0.15, 0.2) is 0 Å². The van der Waals surface area contributed by atoms with Crippen molar-refractivity contribution in [1.29, 1.82) is 0 Å². The third kappa shape index (κ3) is 1930. The molecule has 19 heavy (non-hydrogen) atoms. The van der Waals surface area contributed by atoms with Crippen molar-refractivity contribution in [2.24, 2.45) is 0 Å². The van der Waals surface area contributed by atoms with Crippen LogP contribution >= 0.6 is 0 Å². The molecule has 1 radical (unpaired) electrons. The van der Waals surface area contributed by atoms with Gasteiger partial charge in [-0.2, -0.15) is 0 Å². The van der Waals surface area contributed by atoms with E-state index in [4.69, 9.17) is 0 Å². The van der Waals surface area contributed by atoms with E-state index < -0.39 is 43.2 Å². The number of hydrogen-bond acceptors (Lipinski definition) is 4. The molecule has 0 unspecified atom stereocenters. The van der Waals surface area contributed by atoms with Gasteiger partial charge in [0, 0.05) is 93.2 Å². The second kappa shape index (κ2) is 36.7. The summed E-state index contributed by atoms with van der Waals surface area (Å²) < 4.78 is 38.2. The fourth-order valence-electron chi connectivity index (χ4n) is 0. The molecule has 0 fully saturated rings. The fourth-order valence-corrected chi connectivity index (χ4v) is 0. The molecule has 0 spiro atoms. The average molecular weight is 485 g/mol. The van der Waals surface area contributed by atoms with Crippen LogP contribution in [0.25, 0.3) is 0 Å². The minimum atomic E-state index is -0.611. The first-order chi connectivity index (χ1) is 6.93. The van der Waals surface area contributed by atoms with E-state index in [1.165, 1.54) is 0 Å². The molecule has 0 saturated carbocycles. The summed E-state index contributed by atoms with van der Waals surface area (Å²) in [5.41, 5.74) is 0. The summed E-state index contributed by atoms with van der Waals surface area (Å²) in [5, 5.41) is 0. The first kappa shape index (κ1) is 42.8. The van der Waals surface area contributed by atoms with Crippen molar-refractivity contribution in [2.75, 3.05) is 50.0 Å². The molecule has 0 heterocycles. The van der Waals surface area contributed by atoms with Gasteiger partial charge < -0.3 is 24.8 Å². The normalized spacial score (nSPS) is 7.37. The molecule has 11 heteroatoms. The molecule has 0 bridgehead atoms. The molecular weight excluding hydrogens is 460 g/mol. The Kier molecular flexibility index (Phi) is 82.8. The average Bonchev–Trinajstić information content (AvgIpc) is 1.76. The van der Waals surface area contributed by atoms with Gasteiger partial charge in [-0.25, -0.2) is 0 Å². The Hall–Kier alpha value is 1.80. The van der Waals surface area contributed by atoms with Gasteiger partial charge in [-0.15, -0.1) is 0 Å². The van der Waals surface area contributed by atoms with Crippen molar-refractivity contribution in [2.45, 2.75) is 0 Å². The Morgan fingerprint density at radius 1 is 0.421 bits per heavy atom. The van der Waals surface area contributed by atoms with Gasteiger partial charge in [-0.05, 0) is 0 Å². The molecule has 0 rings (SSSR count). The van der Waals surface area contributed by atoms with Crippen LogP contribution in [0.4, 0.5) is 0 Å². The van der Waals surface area contributed by atoms with Crippen LogP contribution in [0.15, 0.2) is 0 Å². The zero-order chi connectivity index (χ0) is 14.3. The molecule has 0 atom stereocenters. The summed E-state index contributed by atoms with van der Waals surface area (Å²) in [7, 11) is -2.44. The van der Waals surface area contributed by atoms with Crippen molar-refractivity contribution < 1.29 is 61.1 Å². The smallest absolute Gasteiger partial charge is 1.00 e. The van der Waals surface area contributed by atoms with E-state index in [1.54, 1.807) is 50.0 Å². The van der Waals surface area contributed by atoms with Crippen molar-refractivity contribution >= 4 is 43.2 Å². The second-order valence-corrected chi connectivity index (χ2v) is 8.90. The van der Waals surface area contributed by atoms with Gasteiger partial charge in [-0.3, -0.25) is 16.8 Å². The molecule has 4 nitrogen and oxygen atoms in total. The van der Waals surface area contributed by atoms with Crippen LogP contribution in [0.5, 0.6) is 0 Å². The second-order valence-electron chi connectivity index (χ2n) is 2.97. The van der Waals surface area contributed by atoms with E-state index >= 15 is 0 Å². The zero-order valence-corrected chi connectivity index (χ0v) is 18.9. The first-order valence-electron chi connectivity index (χ1n) is 3.93. The third-order valence-electron chi connectivity index (χ3n) is 0. The van der Waals surface area contributed by atoms with Crippen molar-refractivity contribution in [3.05, 3.63) is 0 Å². The van der Waals surface area contributed by atoms with E-state index in [0.717, 1.165) is 0 Å². The van der Waals surface area contributed by atoms with Crippen molar-refractivity contribution in [3.8, 4) is 0 Å². The Morgan fingerprint density at radius 3 is 0.421 bits per heavy atom. The van der Waals surface area contributed by atoms with Crippen LogP contribution in [0.3, 0.4) is 0 Å². The molecule has 0 aliphatic carbocycles. The molecule has 0 aliphatic rings. The van der Waals surface area contributed by atoms with Crippen molar-refractivity contribution in [1.82, 2.24) is 0 Å². The summed E-state index contributed by atoms with van der Waals surface area (Å²) in [6.07, 6.45) is 13.1. The Balaban J connectivity index is -0.0000000192. The molecule has 0 aliphatic heterocycles. The van der Waals surface area contributed by atoms with Crippen LogP contribution in [0.1, 0.15) is 0 Å². The van der Waals surface area contributed by atoms with Crippen LogP contribution in [0, 0.1) is 0 Å². The van der Waals surface area contributed by atoms with Gasteiger partial charge in [0.25, 0.3) is 0 Å². The predicted molar refractivity (Wildman–Crippen MR) is 80.0 cm³/mol. The molecular formula is C8H24Cl2O4RuS4+. The Labute approximate surface area is 153 Å². The summed E-state index contributed by atoms with van der Waals surface area (Å²) >= 11 is 0. The van der Waals surface area contributed by atoms with E-state index in [1.807, 2.05) is 0 Å². The summed E-state index contributed by atoms with van der Waals surface area (Å²) in [4.78, 5) is 0. The van der Waals surface area contributed by atoms with Crippen LogP contribution in [-0.4, -0.2) is 66.9 Å². The van der Waals surface area contributed by atoms with E-state index in [0.29, 0.717) is 0 Å². The Bertz CT molecular complexity index is 179. The maximum Gasteiger partial charge on any atom is 3.00 e. The van der Waals surface area contributed by atoms with E-state index in [2.05, 4.69) is 0 Å². The summed E-state index contributed by atoms with van der Waals surface area (Å²) in [5.74, 6) is 0. The molecule has 0 saturated heterocycles. The molecule has 0 amide bonds. The maximum absolute atomic E-state index is 9.56. The van der Waals surface area contributed by atoms with Crippen LogP contribution < -0.4 is 24.8 Å². The largest absolute Gasteiger partial charge is 3.00 e.